The van der Waals surface area contributed by atoms with Crippen molar-refractivity contribution in [1.82, 2.24) is 20.0 Å². The predicted octanol–water partition coefficient (Wildman–Crippen LogP) is 0.987. The molecule has 6 heteroatoms. The first-order valence-electron chi connectivity index (χ1n) is 9.27. The molecule has 1 spiro atoms. The molecule has 0 aliphatic carbocycles. The lowest BCUT2D eigenvalue weighted by atomic mass is 9.89. The number of hydrogen-bond acceptors (Lipinski definition) is 4. The van der Waals surface area contributed by atoms with Gasteiger partial charge < -0.3 is 15.0 Å². The summed E-state index contributed by atoms with van der Waals surface area (Å²) >= 11 is 0. The number of amides is 2. The zero-order valence-electron chi connectivity index (χ0n) is 15.0. The lowest BCUT2D eigenvalue weighted by Crippen LogP contribution is -2.70. The van der Waals surface area contributed by atoms with Crippen molar-refractivity contribution < 1.29 is 9.53 Å². The highest BCUT2D eigenvalue weighted by Gasteiger charge is 2.52. The number of benzene rings is 1. The average Bonchev–Trinajstić information content (AvgIpc) is 2.75. The van der Waals surface area contributed by atoms with E-state index in [4.69, 9.17) is 4.74 Å². The van der Waals surface area contributed by atoms with E-state index in [1.54, 1.807) is 0 Å². The van der Waals surface area contributed by atoms with E-state index in [-0.39, 0.29) is 17.7 Å². The Bertz CT molecular complexity index is 603. The summed E-state index contributed by atoms with van der Waals surface area (Å²) in [6.45, 7) is 7.52. The third-order valence-electron chi connectivity index (χ3n) is 5.77. The second-order valence-electron chi connectivity index (χ2n) is 7.68. The van der Waals surface area contributed by atoms with Crippen LogP contribution in [0.2, 0.25) is 0 Å². The highest BCUT2D eigenvalue weighted by atomic mass is 16.5. The largest absolute Gasteiger partial charge is 0.376 e. The summed E-state index contributed by atoms with van der Waals surface area (Å²) in [6, 6.07) is 10.7. The van der Waals surface area contributed by atoms with Crippen LogP contribution in [0.5, 0.6) is 0 Å². The van der Waals surface area contributed by atoms with E-state index in [0.29, 0.717) is 0 Å². The highest BCUT2D eigenvalue weighted by molar-refractivity contribution is 5.78. The first-order chi connectivity index (χ1) is 12.1. The number of likely N-dealkylation sites (tertiary alicyclic amines) is 1. The summed E-state index contributed by atoms with van der Waals surface area (Å²) in [6.07, 6.45) is 1.34. The van der Waals surface area contributed by atoms with E-state index >= 15 is 0 Å². The van der Waals surface area contributed by atoms with Crippen LogP contribution in [0.1, 0.15) is 12.0 Å². The first-order valence-corrected chi connectivity index (χ1v) is 9.27. The van der Waals surface area contributed by atoms with Gasteiger partial charge in [-0.05, 0) is 12.0 Å². The summed E-state index contributed by atoms with van der Waals surface area (Å²) in [5, 5.41) is 2.95. The van der Waals surface area contributed by atoms with Gasteiger partial charge in [0.1, 0.15) is 0 Å². The molecule has 3 aliphatic rings. The van der Waals surface area contributed by atoms with Gasteiger partial charge in [-0.2, -0.15) is 0 Å². The number of rotatable bonds is 4. The molecule has 1 unspecified atom stereocenters. The lowest BCUT2D eigenvalue weighted by Gasteiger charge is -2.51. The maximum Gasteiger partial charge on any atom is 0.317 e. The molecule has 3 aliphatic heterocycles. The number of carbonyl (C=O) groups is 1. The van der Waals surface area contributed by atoms with Crippen LogP contribution >= 0.6 is 0 Å². The molecule has 1 aromatic carbocycles. The van der Waals surface area contributed by atoms with Gasteiger partial charge in [0.05, 0.1) is 11.6 Å². The molecule has 4 rings (SSSR count). The van der Waals surface area contributed by atoms with E-state index in [2.05, 4.69) is 45.4 Å². The van der Waals surface area contributed by atoms with Crippen LogP contribution < -0.4 is 5.32 Å². The van der Waals surface area contributed by atoms with Gasteiger partial charge in [0.25, 0.3) is 0 Å². The fourth-order valence-electron chi connectivity index (χ4n) is 4.29. The van der Waals surface area contributed by atoms with Crippen molar-refractivity contribution in [2.75, 3.05) is 52.9 Å². The molecule has 136 valence electrons. The Labute approximate surface area is 149 Å². The number of likely N-dealkylation sites (N-methyl/N-ethyl adjacent to an activating group) is 1. The van der Waals surface area contributed by atoms with Crippen molar-refractivity contribution in [1.29, 1.82) is 0 Å². The topological polar surface area (TPSA) is 48.1 Å². The first kappa shape index (κ1) is 16.8. The number of nitrogens with zero attached hydrogens (tertiary/aromatic N) is 3. The Balaban J connectivity index is 1.30. The van der Waals surface area contributed by atoms with Crippen molar-refractivity contribution in [2.24, 2.45) is 0 Å². The maximum atomic E-state index is 11.7. The van der Waals surface area contributed by atoms with Gasteiger partial charge in [-0.3, -0.25) is 9.80 Å². The van der Waals surface area contributed by atoms with E-state index in [1.165, 1.54) is 5.56 Å². The van der Waals surface area contributed by atoms with Gasteiger partial charge in [-0.15, -0.1) is 0 Å². The minimum absolute atomic E-state index is 0.00549. The third kappa shape index (κ3) is 3.52. The molecular formula is C19H28N4O2. The summed E-state index contributed by atoms with van der Waals surface area (Å²) in [4.78, 5) is 18.5. The molecular weight excluding hydrogens is 316 g/mol. The number of urea groups is 1. The van der Waals surface area contributed by atoms with E-state index < -0.39 is 0 Å². The van der Waals surface area contributed by atoms with Crippen LogP contribution in [-0.4, -0.2) is 85.3 Å². The maximum absolute atomic E-state index is 11.7. The van der Waals surface area contributed by atoms with Gasteiger partial charge in [0, 0.05) is 59.5 Å². The number of ether oxygens (including phenoxy) is 1. The molecule has 6 nitrogen and oxygen atoms in total. The summed E-state index contributed by atoms with van der Waals surface area (Å²) < 4.78 is 6.10. The highest BCUT2D eigenvalue weighted by Crippen LogP contribution is 2.30. The SMILES string of the molecule is CN1C(=O)NCC12CN(CC1CN(Cc3ccccc3)CCCO1)C2. The second-order valence-corrected chi connectivity index (χ2v) is 7.68. The van der Waals surface area contributed by atoms with Crippen molar-refractivity contribution in [2.45, 2.75) is 24.6 Å². The fourth-order valence-corrected chi connectivity index (χ4v) is 4.29. The minimum Gasteiger partial charge on any atom is -0.376 e. The molecule has 3 saturated heterocycles. The second kappa shape index (κ2) is 6.94. The molecule has 3 heterocycles. The van der Waals surface area contributed by atoms with E-state index in [1.807, 2.05) is 11.9 Å². The van der Waals surface area contributed by atoms with Gasteiger partial charge in [0.2, 0.25) is 0 Å². The van der Waals surface area contributed by atoms with Crippen LogP contribution in [0, 0.1) is 0 Å². The van der Waals surface area contributed by atoms with Gasteiger partial charge in [-0.25, -0.2) is 4.79 Å². The van der Waals surface area contributed by atoms with E-state index in [9.17, 15) is 4.79 Å². The molecule has 1 atom stereocenters. The molecule has 0 radical (unpaired) electrons. The molecule has 3 fully saturated rings. The third-order valence-corrected chi connectivity index (χ3v) is 5.77. The van der Waals surface area contributed by atoms with E-state index in [0.717, 1.165) is 58.8 Å². The van der Waals surface area contributed by atoms with Crippen molar-refractivity contribution >= 4 is 6.03 Å². The number of nitrogens with one attached hydrogen (secondary N) is 1. The standard InChI is InChI=1S/C19H28N4O2/c1-21-18(24)20-13-19(21)14-23(15-19)12-17-11-22(8-5-9-25-17)10-16-6-3-2-4-7-16/h2-4,6-7,17H,5,8-15H2,1H3,(H,20,24). The van der Waals surface area contributed by atoms with Crippen LogP contribution in [0.4, 0.5) is 4.79 Å². The Kier molecular flexibility index (Phi) is 4.67. The van der Waals surface area contributed by atoms with Crippen molar-refractivity contribution in [3.05, 3.63) is 35.9 Å². The van der Waals surface area contributed by atoms with Crippen molar-refractivity contribution in [3.8, 4) is 0 Å². The quantitative estimate of drug-likeness (QED) is 0.885. The number of carbonyl (C=O) groups excluding carboxylic acids is 1. The molecule has 1 aromatic rings. The Morgan fingerprint density at radius 1 is 1.24 bits per heavy atom. The van der Waals surface area contributed by atoms with Crippen LogP contribution in [0.25, 0.3) is 0 Å². The van der Waals surface area contributed by atoms with Gasteiger partial charge in [0.15, 0.2) is 0 Å². The Hall–Kier alpha value is -1.63. The number of hydrogen-bond donors (Lipinski definition) is 1. The smallest absolute Gasteiger partial charge is 0.317 e. The van der Waals surface area contributed by atoms with Gasteiger partial charge in [-0.1, -0.05) is 30.3 Å². The fraction of sp³-hybridized carbons (Fsp3) is 0.632. The Morgan fingerprint density at radius 2 is 2.04 bits per heavy atom. The molecule has 2 amide bonds. The summed E-state index contributed by atoms with van der Waals surface area (Å²) in [5.74, 6) is 0. The van der Waals surface area contributed by atoms with Gasteiger partial charge >= 0.3 is 6.03 Å². The lowest BCUT2D eigenvalue weighted by molar-refractivity contribution is -0.0424. The average molecular weight is 344 g/mol. The molecule has 1 N–H and O–H groups in total. The zero-order valence-corrected chi connectivity index (χ0v) is 15.0. The monoisotopic (exact) mass is 344 g/mol. The zero-order chi connectivity index (χ0) is 17.3. The Morgan fingerprint density at radius 3 is 2.76 bits per heavy atom. The van der Waals surface area contributed by atoms with Crippen LogP contribution in [-0.2, 0) is 11.3 Å². The molecule has 0 bridgehead atoms. The minimum atomic E-state index is 0.00549. The summed E-state index contributed by atoms with van der Waals surface area (Å²) in [5.41, 5.74) is 1.37. The summed E-state index contributed by atoms with van der Waals surface area (Å²) in [7, 11) is 1.91. The molecule has 0 saturated carbocycles. The molecule has 0 aromatic heterocycles. The molecule has 25 heavy (non-hydrogen) atoms. The van der Waals surface area contributed by atoms with Crippen LogP contribution in [0.3, 0.4) is 0 Å². The normalized spacial score (nSPS) is 27.2. The predicted molar refractivity (Wildman–Crippen MR) is 96.4 cm³/mol. The van der Waals surface area contributed by atoms with Crippen molar-refractivity contribution in [3.63, 3.8) is 0 Å². The van der Waals surface area contributed by atoms with Crippen LogP contribution in [0.15, 0.2) is 30.3 Å².